The zero-order valence-electron chi connectivity index (χ0n) is 10.3. The average molecular weight is 304 g/mol. The van der Waals surface area contributed by atoms with Crippen LogP contribution in [0.5, 0.6) is 0 Å². The van der Waals surface area contributed by atoms with Crippen LogP contribution in [0.1, 0.15) is 23.7 Å². The second-order valence-electron chi connectivity index (χ2n) is 4.95. The SMILES string of the molecule is CC1(NC(=O)c2cc(N)ncc2Cl)CCS(=O)(=O)C1. The highest BCUT2D eigenvalue weighted by Crippen LogP contribution is 2.24. The highest BCUT2D eigenvalue weighted by molar-refractivity contribution is 7.91. The summed E-state index contributed by atoms with van der Waals surface area (Å²) in [4.78, 5) is 15.9. The topological polar surface area (TPSA) is 102 Å². The van der Waals surface area contributed by atoms with E-state index in [1.54, 1.807) is 6.92 Å². The molecule has 1 aromatic heterocycles. The molecule has 2 heterocycles. The van der Waals surface area contributed by atoms with Gasteiger partial charge >= 0.3 is 0 Å². The Kier molecular flexibility index (Phi) is 3.44. The highest BCUT2D eigenvalue weighted by atomic mass is 35.5. The van der Waals surface area contributed by atoms with Crippen LogP contribution < -0.4 is 11.1 Å². The number of anilines is 1. The molecular formula is C11H14ClN3O3S. The molecule has 8 heteroatoms. The highest BCUT2D eigenvalue weighted by Gasteiger charge is 2.39. The first-order valence-corrected chi connectivity index (χ1v) is 7.85. The van der Waals surface area contributed by atoms with Crippen molar-refractivity contribution in [1.29, 1.82) is 0 Å². The molecule has 0 aromatic carbocycles. The second kappa shape index (κ2) is 4.64. The molecule has 0 aliphatic carbocycles. The zero-order chi connectivity index (χ0) is 14.3. The summed E-state index contributed by atoms with van der Waals surface area (Å²) in [5, 5.41) is 2.89. The molecule has 0 radical (unpaired) electrons. The van der Waals surface area contributed by atoms with Gasteiger partial charge in [-0.05, 0) is 19.4 Å². The first kappa shape index (κ1) is 14.1. The Morgan fingerprint density at radius 2 is 2.26 bits per heavy atom. The van der Waals surface area contributed by atoms with E-state index in [0.29, 0.717) is 6.42 Å². The Balaban J connectivity index is 2.20. The molecular weight excluding hydrogens is 290 g/mol. The lowest BCUT2D eigenvalue weighted by Crippen LogP contribution is -2.47. The Morgan fingerprint density at radius 3 is 2.84 bits per heavy atom. The van der Waals surface area contributed by atoms with Crippen molar-refractivity contribution in [2.24, 2.45) is 0 Å². The first-order chi connectivity index (χ1) is 8.71. The lowest BCUT2D eigenvalue weighted by Gasteiger charge is -2.24. The second-order valence-corrected chi connectivity index (χ2v) is 7.54. The average Bonchev–Trinajstić information content (AvgIpc) is 2.56. The van der Waals surface area contributed by atoms with Gasteiger partial charge in [0, 0.05) is 6.20 Å². The van der Waals surface area contributed by atoms with Gasteiger partial charge in [0.2, 0.25) is 0 Å². The zero-order valence-corrected chi connectivity index (χ0v) is 11.9. The van der Waals surface area contributed by atoms with Crippen LogP contribution in [0, 0.1) is 0 Å². The number of amides is 1. The minimum Gasteiger partial charge on any atom is -0.384 e. The van der Waals surface area contributed by atoms with Gasteiger partial charge in [0.1, 0.15) is 5.82 Å². The molecule has 1 saturated heterocycles. The van der Waals surface area contributed by atoms with E-state index < -0.39 is 21.3 Å². The third-order valence-corrected chi connectivity index (χ3v) is 5.24. The lowest BCUT2D eigenvalue weighted by molar-refractivity contribution is 0.0915. The number of rotatable bonds is 2. The Bertz CT molecular complexity index is 632. The van der Waals surface area contributed by atoms with Crippen molar-refractivity contribution in [3.05, 3.63) is 22.8 Å². The number of nitrogens with two attached hydrogens (primary N) is 1. The van der Waals surface area contributed by atoms with Crippen LogP contribution in [-0.2, 0) is 9.84 Å². The van der Waals surface area contributed by atoms with Crippen LogP contribution in [0.3, 0.4) is 0 Å². The van der Waals surface area contributed by atoms with Gasteiger partial charge in [-0.25, -0.2) is 13.4 Å². The number of nitrogens with one attached hydrogen (secondary N) is 1. The van der Waals surface area contributed by atoms with E-state index in [2.05, 4.69) is 10.3 Å². The Labute approximate surface area is 116 Å². The Hall–Kier alpha value is -1.34. The number of hydrogen-bond acceptors (Lipinski definition) is 5. The number of carbonyl (C=O) groups is 1. The van der Waals surface area contributed by atoms with Gasteiger partial charge in [-0.1, -0.05) is 11.6 Å². The standard InChI is InChI=1S/C11H14ClN3O3S/c1-11(2-3-19(17,18)6-11)15-10(16)7-4-9(13)14-5-8(7)12/h4-5H,2-3,6H2,1H3,(H2,13,14)(H,15,16). The molecule has 6 nitrogen and oxygen atoms in total. The quantitative estimate of drug-likeness (QED) is 0.834. The Morgan fingerprint density at radius 1 is 1.58 bits per heavy atom. The smallest absolute Gasteiger partial charge is 0.253 e. The van der Waals surface area contributed by atoms with Crippen LogP contribution in [0.2, 0.25) is 5.02 Å². The van der Waals surface area contributed by atoms with E-state index >= 15 is 0 Å². The number of carbonyl (C=O) groups excluding carboxylic acids is 1. The summed E-state index contributed by atoms with van der Waals surface area (Å²) in [5.41, 5.74) is 4.93. The number of nitrogens with zero attached hydrogens (tertiary/aromatic N) is 1. The summed E-state index contributed by atoms with van der Waals surface area (Å²) in [6, 6.07) is 1.37. The number of halogens is 1. The predicted octanol–water partition coefficient (Wildman–Crippen LogP) is 0.624. The summed E-state index contributed by atoms with van der Waals surface area (Å²) >= 11 is 5.88. The monoisotopic (exact) mass is 303 g/mol. The molecule has 3 N–H and O–H groups in total. The number of nitrogen functional groups attached to an aromatic ring is 1. The molecule has 0 bridgehead atoms. The third-order valence-electron chi connectivity index (χ3n) is 3.04. The molecule has 1 aromatic rings. The maximum Gasteiger partial charge on any atom is 0.253 e. The van der Waals surface area contributed by atoms with Crippen molar-refractivity contribution in [2.75, 3.05) is 17.2 Å². The molecule has 1 atom stereocenters. The lowest BCUT2D eigenvalue weighted by atomic mass is 10.0. The number of aromatic nitrogens is 1. The van der Waals surface area contributed by atoms with E-state index in [1.165, 1.54) is 12.3 Å². The first-order valence-electron chi connectivity index (χ1n) is 5.65. The van der Waals surface area contributed by atoms with Crippen LogP contribution in [-0.4, -0.2) is 36.4 Å². The minimum absolute atomic E-state index is 0.0656. The van der Waals surface area contributed by atoms with Crippen LogP contribution in [0.15, 0.2) is 12.3 Å². The van der Waals surface area contributed by atoms with Crippen LogP contribution >= 0.6 is 11.6 Å². The largest absolute Gasteiger partial charge is 0.384 e. The van der Waals surface area contributed by atoms with Crippen molar-refractivity contribution < 1.29 is 13.2 Å². The van der Waals surface area contributed by atoms with Gasteiger partial charge in [-0.3, -0.25) is 4.79 Å². The number of pyridine rings is 1. The molecule has 19 heavy (non-hydrogen) atoms. The summed E-state index contributed by atoms with van der Waals surface area (Å²) in [7, 11) is -3.08. The minimum atomic E-state index is -3.08. The van der Waals surface area contributed by atoms with Gasteiger partial charge in [0.15, 0.2) is 9.84 Å². The molecule has 0 saturated carbocycles. The number of sulfone groups is 1. The number of hydrogen-bond donors (Lipinski definition) is 2. The normalized spacial score (nSPS) is 25.2. The fourth-order valence-electron chi connectivity index (χ4n) is 2.08. The van der Waals surface area contributed by atoms with Crippen molar-refractivity contribution in [3.63, 3.8) is 0 Å². The van der Waals surface area contributed by atoms with Gasteiger partial charge in [0.05, 0.1) is 27.6 Å². The molecule has 0 spiro atoms. The van der Waals surface area contributed by atoms with Gasteiger partial charge < -0.3 is 11.1 Å². The van der Waals surface area contributed by atoms with Crippen molar-refractivity contribution in [1.82, 2.24) is 10.3 Å². The van der Waals surface area contributed by atoms with E-state index in [4.69, 9.17) is 17.3 Å². The third kappa shape index (κ3) is 3.16. The van der Waals surface area contributed by atoms with Crippen molar-refractivity contribution in [3.8, 4) is 0 Å². The maximum atomic E-state index is 12.1. The molecule has 2 rings (SSSR count). The molecule has 1 fully saturated rings. The maximum absolute atomic E-state index is 12.1. The van der Waals surface area contributed by atoms with Crippen molar-refractivity contribution in [2.45, 2.75) is 18.9 Å². The molecule has 104 valence electrons. The predicted molar refractivity (Wildman–Crippen MR) is 72.8 cm³/mol. The summed E-state index contributed by atoms with van der Waals surface area (Å²) in [6.45, 7) is 1.70. The van der Waals surface area contributed by atoms with E-state index in [1.807, 2.05) is 0 Å². The van der Waals surface area contributed by atoms with Gasteiger partial charge in [-0.2, -0.15) is 0 Å². The van der Waals surface area contributed by atoms with Crippen molar-refractivity contribution >= 4 is 33.2 Å². The molecule has 1 amide bonds. The van der Waals surface area contributed by atoms with E-state index in [-0.39, 0.29) is 27.9 Å². The van der Waals surface area contributed by atoms with E-state index in [0.717, 1.165) is 0 Å². The summed E-state index contributed by atoms with van der Waals surface area (Å²) in [5.74, 6) is -0.252. The molecule has 1 unspecified atom stereocenters. The summed E-state index contributed by atoms with van der Waals surface area (Å²) in [6.07, 6.45) is 1.68. The fraction of sp³-hybridized carbons (Fsp3) is 0.455. The fourth-order valence-corrected chi connectivity index (χ4v) is 4.36. The van der Waals surface area contributed by atoms with Crippen LogP contribution in [0.4, 0.5) is 5.82 Å². The molecule has 1 aliphatic heterocycles. The summed E-state index contributed by atoms with van der Waals surface area (Å²) < 4.78 is 23.0. The van der Waals surface area contributed by atoms with Gasteiger partial charge in [-0.15, -0.1) is 0 Å². The van der Waals surface area contributed by atoms with Crippen LogP contribution in [0.25, 0.3) is 0 Å². The molecule has 1 aliphatic rings. The van der Waals surface area contributed by atoms with E-state index in [9.17, 15) is 13.2 Å². The van der Waals surface area contributed by atoms with Gasteiger partial charge in [0.25, 0.3) is 5.91 Å².